The minimum absolute atomic E-state index is 0.135. The van der Waals surface area contributed by atoms with E-state index in [4.69, 9.17) is 9.47 Å². The number of rotatable bonds is 31. The largest absolute Gasteiger partial charge is 0.394 e. The zero-order valence-electron chi connectivity index (χ0n) is 29.6. The van der Waals surface area contributed by atoms with Crippen LogP contribution in [0.5, 0.6) is 0 Å². The van der Waals surface area contributed by atoms with Gasteiger partial charge >= 0.3 is 0 Å². The molecule has 0 spiro atoms. The van der Waals surface area contributed by atoms with E-state index in [9.17, 15) is 30.3 Å². The molecule has 0 radical (unpaired) electrons. The number of hydrogen-bond donors (Lipinski definition) is 6. The van der Waals surface area contributed by atoms with Crippen LogP contribution in [0.3, 0.4) is 0 Å². The van der Waals surface area contributed by atoms with Gasteiger partial charge in [-0.1, -0.05) is 155 Å². The lowest BCUT2D eigenvalue weighted by atomic mass is 9.99. The van der Waals surface area contributed by atoms with Crippen molar-refractivity contribution in [1.82, 2.24) is 5.32 Å². The number of hydrogen-bond acceptors (Lipinski definition) is 8. The number of nitrogens with one attached hydrogen (secondary N) is 1. The standard InChI is InChI=1S/C37H73NO8/c1-3-5-7-9-10-11-12-13-14-15-16-17-18-19-20-21-23-25-27-33(41)38-30(31(40)26-24-22-8-6-4-2)29-45-37-36(44)35(43)34(42)32(28-39)46-37/h30-32,34-37,39-40,42-44H,3-29H2,1-2H3,(H,38,41). The maximum atomic E-state index is 12.8. The van der Waals surface area contributed by atoms with Crippen molar-refractivity contribution in [3.63, 3.8) is 0 Å². The van der Waals surface area contributed by atoms with Crippen LogP contribution in [0.1, 0.15) is 174 Å². The average molecular weight is 660 g/mol. The zero-order valence-corrected chi connectivity index (χ0v) is 29.6. The first kappa shape index (κ1) is 43.2. The monoisotopic (exact) mass is 660 g/mol. The minimum Gasteiger partial charge on any atom is -0.394 e. The molecule has 9 heteroatoms. The molecular weight excluding hydrogens is 586 g/mol. The summed E-state index contributed by atoms with van der Waals surface area (Å²) in [4.78, 5) is 12.8. The molecule has 274 valence electrons. The second-order valence-electron chi connectivity index (χ2n) is 13.7. The summed E-state index contributed by atoms with van der Waals surface area (Å²) in [6.45, 7) is 3.73. The molecule has 7 atom stereocenters. The summed E-state index contributed by atoms with van der Waals surface area (Å²) in [5, 5.41) is 53.6. The van der Waals surface area contributed by atoms with Gasteiger partial charge < -0.3 is 40.3 Å². The number of amides is 1. The van der Waals surface area contributed by atoms with Gasteiger partial charge in [0, 0.05) is 6.42 Å². The lowest BCUT2D eigenvalue weighted by Gasteiger charge is -2.40. The van der Waals surface area contributed by atoms with Gasteiger partial charge in [-0.3, -0.25) is 4.79 Å². The smallest absolute Gasteiger partial charge is 0.220 e. The van der Waals surface area contributed by atoms with Gasteiger partial charge in [0.25, 0.3) is 0 Å². The van der Waals surface area contributed by atoms with Gasteiger partial charge in [0.05, 0.1) is 25.4 Å². The van der Waals surface area contributed by atoms with Crippen LogP contribution in [-0.2, 0) is 14.3 Å². The molecule has 1 aliphatic heterocycles. The van der Waals surface area contributed by atoms with E-state index in [0.29, 0.717) is 12.8 Å². The Bertz CT molecular complexity index is 696. The van der Waals surface area contributed by atoms with Gasteiger partial charge in [-0.25, -0.2) is 0 Å². The highest BCUT2D eigenvalue weighted by atomic mass is 16.7. The molecule has 46 heavy (non-hydrogen) atoms. The molecule has 0 saturated carbocycles. The summed E-state index contributed by atoms with van der Waals surface area (Å²) in [5.74, 6) is -0.149. The summed E-state index contributed by atoms with van der Waals surface area (Å²) in [5.41, 5.74) is 0. The van der Waals surface area contributed by atoms with Crippen LogP contribution < -0.4 is 5.32 Å². The predicted octanol–water partition coefficient (Wildman–Crippen LogP) is 6.44. The summed E-state index contributed by atoms with van der Waals surface area (Å²) < 4.78 is 11.1. The van der Waals surface area contributed by atoms with Crippen LogP contribution in [0.2, 0.25) is 0 Å². The Labute approximate surface area is 281 Å². The summed E-state index contributed by atoms with van der Waals surface area (Å²) in [6, 6.07) is -0.707. The molecule has 9 nitrogen and oxygen atoms in total. The van der Waals surface area contributed by atoms with Crippen molar-refractivity contribution < 1.29 is 39.8 Å². The molecule has 1 rings (SSSR count). The fourth-order valence-electron chi connectivity index (χ4n) is 6.28. The summed E-state index contributed by atoms with van der Waals surface area (Å²) in [6.07, 6.45) is 21.6. The van der Waals surface area contributed by atoms with E-state index in [2.05, 4.69) is 19.2 Å². The van der Waals surface area contributed by atoms with Gasteiger partial charge in [-0.2, -0.15) is 0 Å². The molecule has 0 aromatic carbocycles. The third kappa shape index (κ3) is 20.5. The Hall–Kier alpha value is -0.810. The van der Waals surface area contributed by atoms with E-state index in [1.807, 2.05) is 0 Å². The van der Waals surface area contributed by atoms with Crippen molar-refractivity contribution in [2.24, 2.45) is 0 Å². The Morgan fingerprint density at radius 3 is 1.54 bits per heavy atom. The second-order valence-corrected chi connectivity index (χ2v) is 13.7. The van der Waals surface area contributed by atoms with Crippen LogP contribution in [0.25, 0.3) is 0 Å². The molecule has 1 aliphatic rings. The number of aliphatic hydroxyl groups is 5. The van der Waals surface area contributed by atoms with E-state index in [1.54, 1.807) is 0 Å². The van der Waals surface area contributed by atoms with Crippen LogP contribution in [0.15, 0.2) is 0 Å². The van der Waals surface area contributed by atoms with Crippen molar-refractivity contribution >= 4 is 5.91 Å². The highest BCUT2D eigenvalue weighted by Crippen LogP contribution is 2.23. The highest BCUT2D eigenvalue weighted by molar-refractivity contribution is 5.76. The third-order valence-electron chi connectivity index (χ3n) is 9.46. The number of unbranched alkanes of at least 4 members (excludes halogenated alkanes) is 21. The molecule has 0 aliphatic carbocycles. The van der Waals surface area contributed by atoms with Crippen LogP contribution in [0.4, 0.5) is 0 Å². The third-order valence-corrected chi connectivity index (χ3v) is 9.46. The first-order chi connectivity index (χ1) is 22.3. The maximum absolute atomic E-state index is 12.8. The fraction of sp³-hybridized carbons (Fsp3) is 0.973. The van der Waals surface area contributed by atoms with E-state index in [1.165, 1.54) is 96.3 Å². The molecule has 1 heterocycles. The van der Waals surface area contributed by atoms with Gasteiger partial charge in [-0.05, 0) is 12.8 Å². The maximum Gasteiger partial charge on any atom is 0.220 e. The lowest BCUT2D eigenvalue weighted by Crippen LogP contribution is -2.60. The van der Waals surface area contributed by atoms with Crippen LogP contribution >= 0.6 is 0 Å². The molecule has 7 unspecified atom stereocenters. The van der Waals surface area contributed by atoms with Gasteiger partial charge in [0.2, 0.25) is 5.91 Å². The van der Waals surface area contributed by atoms with Crippen LogP contribution in [0, 0.1) is 0 Å². The molecular formula is C37H73NO8. The van der Waals surface area contributed by atoms with E-state index >= 15 is 0 Å². The summed E-state index contributed by atoms with van der Waals surface area (Å²) in [7, 11) is 0. The molecule has 1 saturated heterocycles. The van der Waals surface area contributed by atoms with Crippen LogP contribution in [-0.4, -0.2) is 87.5 Å². The fourth-order valence-corrected chi connectivity index (χ4v) is 6.28. The van der Waals surface area contributed by atoms with Crippen molar-refractivity contribution in [3.05, 3.63) is 0 Å². The minimum atomic E-state index is -1.54. The predicted molar refractivity (Wildman–Crippen MR) is 184 cm³/mol. The Morgan fingerprint density at radius 1 is 0.652 bits per heavy atom. The van der Waals surface area contributed by atoms with E-state index in [-0.39, 0.29) is 12.5 Å². The Morgan fingerprint density at radius 2 is 1.09 bits per heavy atom. The number of ether oxygens (including phenoxy) is 2. The topological polar surface area (TPSA) is 149 Å². The molecule has 0 aromatic rings. The lowest BCUT2D eigenvalue weighted by molar-refractivity contribution is -0.302. The second kappa shape index (κ2) is 29.1. The average Bonchev–Trinajstić information content (AvgIpc) is 3.05. The zero-order chi connectivity index (χ0) is 33.8. The Balaban J connectivity index is 2.25. The molecule has 6 N–H and O–H groups in total. The molecule has 0 bridgehead atoms. The normalized spacial score (nSPS) is 23.0. The number of carbonyl (C=O) groups excluding carboxylic acids is 1. The SMILES string of the molecule is CCCCCCCCCCCCCCCCCCCCC(=O)NC(COC1OC(CO)C(O)C(O)C1O)C(O)CCCCCCC. The Kier molecular flexibility index (Phi) is 27.4. The highest BCUT2D eigenvalue weighted by Gasteiger charge is 2.44. The van der Waals surface area contributed by atoms with Gasteiger partial charge in [0.15, 0.2) is 6.29 Å². The van der Waals surface area contributed by atoms with E-state index < -0.39 is 49.5 Å². The number of carbonyl (C=O) groups is 1. The molecule has 1 fully saturated rings. The quantitative estimate of drug-likeness (QED) is 0.0466. The number of aliphatic hydroxyl groups excluding tert-OH is 5. The van der Waals surface area contributed by atoms with Crippen molar-refractivity contribution in [2.75, 3.05) is 13.2 Å². The first-order valence-corrected chi connectivity index (χ1v) is 19.2. The molecule has 0 aromatic heterocycles. The summed E-state index contributed by atoms with van der Waals surface area (Å²) >= 11 is 0. The van der Waals surface area contributed by atoms with Crippen molar-refractivity contribution in [2.45, 2.75) is 217 Å². The van der Waals surface area contributed by atoms with Gasteiger partial charge in [-0.15, -0.1) is 0 Å². The van der Waals surface area contributed by atoms with Crippen molar-refractivity contribution in [3.8, 4) is 0 Å². The van der Waals surface area contributed by atoms with Gasteiger partial charge in [0.1, 0.15) is 24.4 Å². The molecule has 1 amide bonds. The first-order valence-electron chi connectivity index (χ1n) is 19.2. The van der Waals surface area contributed by atoms with Crippen molar-refractivity contribution in [1.29, 1.82) is 0 Å². The van der Waals surface area contributed by atoms with E-state index in [0.717, 1.165) is 51.4 Å².